The lowest BCUT2D eigenvalue weighted by Crippen LogP contribution is -2.31. The van der Waals surface area contributed by atoms with Crippen LogP contribution in [-0.2, 0) is 11.2 Å². The van der Waals surface area contributed by atoms with Gasteiger partial charge < -0.3 is 20.0 Å². The first-order chi connectivity index (χ1) is 16.6. The summed E-state index contributed by atoms with van der Waals surface area (Å²) in [6, 6.07) is 13.8. The first-order valence-corrected chi connectivity index (χ1v) is 11.8. The molecule has 0 bridgehead atoms. The summed E-state index contributed by atoms with van der Waals surface area (Å²) >= 11 is 0. The highest BCUT2D eigenvalue weighted by atomic mass is 16.3. The second-order valence-electron chi connectivity index (χ2n) is 9.07. The number of nitrogens with zero attached hydrogens (tertiary/aromatic N) is 4. The molecule has 1 saturated carbocycles. The number of nitriles is 1. The first kappa shape index (κ1) is 22.1. The number of carbonyl (C=O) groups excluding carboxylic acids is 1. The third-order valence-corrected chi connectivity index (χ3v) is 6.86. The zero-order valence-corrected chi connectivity index (χ0v) is 18.9. The second-order valence-corrected chi connectivity index (χ2v) is 9.07. The zero-order valence-electron chi connectivity index (χ0n) is 18.9. The van der Waals surface area contributed by atoms with Gasteiger partial charge in [0, 0.05) is 30.6 Å². The standard InChI is InChI=1S/C26H28N6O2/c27-12-10-17-6-8-19(9-7-17)32-23(31-21-15-30-26-20(25(21)32)11-13-28-26)14-24(34)29-16-22(33)18-4-2-1-3-5-18/h1-5,11,13,15,17,19,22,33H,6-10,14,16H2,(H,28,30)(H,29,34)/t17-,19-,22?. The fourth-order valence-electron chi connectivity index (χ4n) is 5.10. The van der Waals surface area contributed by atoms with Gasteiger partial charge in [0.1, 0.15) is 17.0 Å². The van der Waals surface area contributed by atoms with Gasteiger partial charge in [0.05, 0.1) is 30.3 Å². The maximum absolute atomic E-state index is 12.9. The summed E-state index contributed by atoms with van der Waals surface area (Å²) in [7, 11) is 0. The number of aliphatic hydroxyl groups excluding tert-OH is 1. The highest BCUT2D eigenvalue weighted by Gasteiger charge is 2.27. The summed E-state index contributed by atoms with van der Waals surface area (Å²) in [6.45, 7) is 0.145. The van der Waals surface area contributed by atoms with E-state index in [1.165, 1.54) is 0 Å². The van der Waals surface area contributed by atoms with Crippen LogP contribution in [0, 0.1) is 17.2 Å². The maximum atomic E-state index is 12.9. The number of aliphatic hydroxyl groups is 1. The number of benzene rings is 1. The number of aromatic nitrogens is 4. The molecule has 174 valence electrons. The van der Waals surface area contributed by atoms with Gasteiger partial charge in [-0.15, -0.1) is 0 Å². The van der Waals surface area contributed by atoms with Gasteiger partial charge in [-0.25, -0.2) is 9.97 Å². The first-order valence-electron chi connectivity index (χ1n) is 11.8. The molecule has 0 aliphatic heterocycles. The number of pyridine rings is 1. The molecule has 5 rings (SSSR count). The number of carbonyl (C=O) groups is 1. The lowest BCUT2D eigenvalue weighted by atomic mass is 9.84. The number of imidazole rings is 1. The molecule has 1 atom stereocenters. The summed E-state index contributed by atoms with van der Waals surface area (Å²) in [6.07, 6.45) is 7.48. The van der Waals surface area contributed by atoms with E-state index < -0.39 is 6.10 Å². The van der Waals surface area contributed by atoms with E-state index in [9.17, 15) is 9.90 Å². The minimum Gasteiger partial charge on any atom is -0.387 e. The van der Waals surface area contributed by atoms with Gasteiger partial charge in [0.2, 0.25) is 5.91 Å². The zero-order chi connectivity index (χ0) is 23.5. The Morgan fingerprint density at radius 1 is 1.24 bits per heavy atom. The van der Waals surface area contributed by atoms with E-state index in [1.54, 1.807) is 6.20 Å². The van der Waals surface area contributed by atoms with Crippen LogP contribution in [0.1, 0.15) is 55.6 Å². The molecule has 4 aromatic rings. The van der Waals surface area contributed by atoms with E-state index in [0.29, 0.717) is 18.2 Å². The quantitative estimate of drug-likeness (QED) is 0.389. The third-order valence-electron chi connectivity index (χ3n) is 6.86. The minimum atomic E-state index is -0.761. The van der Waals surface area contributed by atoms with Gasteiger partial charge >= 0.3 is 0 Å². The fourth-order valence-corrected chi connectivity index (χ4v) is 5.10. The number of hydrogen-bond donors (Lipinski definition) is 3. The van der Waals surface area contributed by atoms with E-state index in [-0.39, 0.29) is 24.9 Å². The van der Waals surface area contributed by atoms with E-state index in [4.69, 9.17) is 10.2 Å². The molecule has 3 heterocycles. The highest BCUT2D eigenvalue weighted by molar-refractivity contribution is 6.01. The van der Waals surface area contributed by atoms with Crippen molar-refractivity contribution in [3.05, 3.63) is 60.2 Å². The molecular formula is C26H28N6O2. The Morgan fingerprint density at radius 2 is 2.03 bits per heavy atom. The number of hydrogen-bond acceptors (Lipinski definition) is 5. The molecule has 3 N–H and O–H groups in total. The van der Waals surface area contributed by atoms with E-state index in [0.717, 1.165) is 53.3 Å². The van der Waals surface area contributed by atoms with Crippen molar-refractivity contribution in [2.45, 2.75) is 50.7 Å². The number of aromatic amines is 1. The van der Waals surface area contributed by atoms with E-state index in [2.05, 4.69) is 25.9 Å². The van der Waals surface area contributed by atoms with Crippen molar-refractivity contribution >= 4 is 28.0 Å². The van der Waals surface area contributed by atoms with Crippen LogP contribution in [0.2, 0.25) is 0 Å². The molecule has 0 saturated heterocycles. The summed E-state index contributed by atoms with van der Waals surface area (Å²) in [5, 5.41) is 23.3. The van der Waals surface area contributed by atoms with Crippen molar-refractivity contribution in [3.63, 3.8) is 0 Å². The summed E-state index contributed by atoms with van der Waals surface area (Å²) < 4.78 is 2.23. The number of nitrogens with one attached hydrogen (secondary N) is 2. The Labute approximate surface area is 197 Å². The monoisotopic (exact) mass is 456 g/mol. The van der Waals surface area contributed by atoms with E-state index in [1.807, 2.05) is 42.6 Å². The molecule has 1 aliphatic rings. The third kappa shape index (κ3) is 4.39. The molecular weight excluding hydrogens is 428 g/mol. The fraction of sp³-hybridized carbons (Fsp3) is 0.385. The smallest absolute Gasteiger partial charge is 0.227 e. The van der Waals surface area contributed by atoms with Crippen molar-refractivity contribution in [3.8, 4) is 6.07 Å². The van der Waals surface area contributed by atoms with Crippen LogP contribution >= 0.6 is 0 Å². The lowest BCUT2D eigenvalue weighted by molar-refractivity contribution is -0.121. The minimum absolute atomic E-state index is 0.125. The molecule has 0 radical (unpaired) electrons. The van der Waals surface area contributed by atoms with Gasteiger partial charge in [-0.3, -0.25) is 4.79 Å². The van der Waals surface area contributed by atoms with Crippen LogP contribution in [0.15, 0.2) is 48.8 Å². The molecule has 8 heteroatoms. The van der Waals surface area contributed by atoms with Gasteiger partial charge in [0.15, 0.2) is 0 Å². The van der Waals surface area contributed by atoms with Crippen LogP contribution in [0.5, 0.6) is 0 Å². The molecule has 1 aliphatic carbocycles. The molecule has 0 spiro atoms. The van der Waals surface area contributed by atoms with Gasteiger partial charge in [0.25, 0.3) is 0 Å². The summed E-state index contributed by atoms with van der Waals surface area (Å²) in [4.78, 5) is 25.3. The average molecular weight is 457 g/mol. The molecule has 1 aromatic carbocycles. The van der Waals surface area contributed by atoms with Crippen LogP contribution < -0.4 is 5.32 Å². The second kappa shape index (κ2) is 9.65. The largest absolute Gasteiger partial charge is 0.387 e. The molecule has 34 heavy (non-hydrogen) atoms. The van der Waals surface area contributed by atoms with Crippen molar-refractivity contribution in [1.29, 1.82) is 5.26 Å². The Kier molecular flexibility index (Phi) is 6.28. The number of H-pyrrole nitrogens is 1. The topological polar surface area (TPSA) is 120 Å². The molecule has 1 amide bonds. The molecule has 8 nitrogen and oxygen atoms in total. The summed E-state index contributed by atoms with van der Waals surface area (Å²) in [5.74, 6) is 0.972. The number of fused-ring (bicyclic) bond motifs is 3. The summed E-state index contributed by atoms with van der Waals surface area (Å²) in [5.41, 5.74) is 3.35. The highest BCUT2D eigenvalue weighted by Crippen LogP contribution is 2.38. The Morgan fingerprint density at radius 3 is 2.79 bits per heavy atom. The van der Waals surface area contributed by atoms with Gasteiger partial charge in [-0.2, -0.15) is 5.26 Å². The molecule has 1 unspecified atom stereocenters. The Bertz CT molecular complexity index is 1330. The Hall–Kier alpha value is -3.70. The van der Waals surface area contributed by atoms with Gasteiger partial charge in [-0.05, 0) is 43.2 Å². The van der Waals surface area contributed by atoms with Crippen molar-refractivity contribution < 1.29 is 9.90 Å². The van der Waals surface area contributed by atoms with Crippen LogP contribution in [0.3, 0.4) is 0 Å². The van der Waals surface area contributed by atoms with Crippen molar-refractivity contribution in [2.24, 2.45) is 5.92 Å². The Balaban J connectivity index is 1.40. The van der Waals surface area contributed by atoms with Crippen molar-refractivity contribution in [1.82, 2.24) is 24.8 Å². The number of rotatable bonds is 7. The van der Waals surface area contributed by atoms with E-state index >= 15 is 0 Å². The predicted octanol–water partition coefficient (Wildman–Crippen LogP) is 3.95. The van der Waals surface area contributed by atoms with Crippen LogP contribution in [0.4, 0.5) is 0 Å². The lowest BCUT2D eigenvalue weighted by Gasteiger charge is -2.30. The van der Waals surface area contributed by atoms with Gasteiger partial charge in [-0.1, -0.05) is 30.3 Å². The predicted molar refractivity (Wildman–Crippen MR) is 129 cm³/mol. The normalized spacial score (nSPS) is 19.2. The van der Waals surface area contributed by atoms with Crippen molar-refractivity contribution in [2.75, 3.05) is 6.54 Å². The average Bonchev–Trinajstić information content (AvgIpc) is 3.48. The van der Waals surface area contributed by atoms with Crippen LogP contribution in [-0.4, -0.2) is 37.1 Å². The number of amides is 1. The maximum Gasteiger partial charge on any atom is 0.227 e. The van der Waals surface area contributed by atoms with Crippen LogP contribution in [0.25, 0.3) is 22.1 Å². The SMILES string of the molecule is N#CC[C@H]1CC[C@H](n2c(CC(=O)NCC(O)c3ccccc3)nc3cnc4[nH]ccc4c32)CC1. The molecule has 1 fully saturated rings. The molecule has 3 aromatic heterocycles.